The molecule has 0 aliphatic carbocycles. The number of carbonyl (C=O) groups is 2. The van der Waals surface area contributed by atoms with Crippen molar-refractivity contribution < 1.29 is 14.0 Å². The van der Waals surface area contributed by atoms with E-state index in [2.05, 4.69) is 19.2 Å². The summed E-state index contributed by atoms with van der Waals surface area (Å²) in [5.74, 6) is -0.236. The summed E-state index contributed by atoms with van der Waals surface area (Å²) in [4.78, 5) is 26.5. The first-order chi connectivity index (χ1) is 13.5. The maximum absolute atomic E-state index is 13.0. The van der Waals surface area contributed by atoms with Crippen molar-refractivity contribution in [2.24, 2.45) is 5.92 Å². The Morgan fingerprint density at radius 1 is 1.18 bits per heavy atom. The molecule has 1 N–H and O–H groups in total. The van der Waals surface area contributed by atoms with Crippen LogP contribution in [0.5, 0.6) is 0 Å². The highest BCUT2D eigenvalue weighted by atomic mass is 19.1. The lowest BCUT2D eigenvalue weighted by Gasteiger charge is -2.17. The van der Waals surface area contributed by atoms with Gasteiger partial charge < -0.3 is 10.2 Å². The first-order valence-corrected chi connectivity index (χ1v) is 9.89. The Kier molecular flexibility index (Phi) is 6.45. The van der Waals surface area contributed by atoms with E-state index in [1.54, 1.807) is 17.0 Å². The molecule has 1 saturated heterocycles. The van der Waals surface area contributed by atoms with Gasteiger partial charge in [0.05, 0.1) is 5.92 Å². The van der Waals surface area contributed by atoms with Gasteiger partial charge in [-0.2, -0.15) is 0 Å². The van der Waals surface area contributed by atoms with Crippen LogP contribution in [0.4, 0.5) is 10.1 Å². The van der Waals surface area contributed by atoms with E-state index in [0.29, 0.717) is 25.4 Å². The third kappa shape index (κ3) is 4.97. The molecule has 148 valence electrons. The zero-order valence-electron chi connectivity index (χ0n) is 16.5. The van der Waals surface area contributed by atoms with E-state index in [9.17, 15) is 14.0 Å². The minimum atomic E-state index is -0.338. The lowest BCUT2D eigenvalue weighted by atomic mass is 9.98. The van der Waals surface area contributed by atoms with Crippen LogP contribution >= 0.6 is 0 Å². The molecule has 0 aromatic heterocycles. The van der Waals surface area contributed by atoms with E-state index in [1.165, 1.54) is 17.7 Å². The molecule has 5 heteroatoms. The second-order valence-electron chi connectivity index (χ2n) is 7.54. The standard InChI is InChI=1S/C23H27FN2O2/c1-3-16(2)18-6-10-21(11-7-18)25-23(28)19-14-22(27)26(15-19)13-12-17-4-8-20(24)9-5-17/h4-11,16,19H,3,12-15H2,1-2H3,(H,25,28)/t16-,19-/m1/s1. The van der Waals surface area contributed by atoms with Crippen molar-refractivity contribution in [3.63, 3.8) is 0 Å². The normalized spacial score (nSPS) is 17.6. The van der Waals surface area contributed by atoms with Gasteiger partial charge in [-0.25, -0.2) is 4.39 Å². The molecule has 0 radical (unpaired) electrons. The second kappa shape index (κ2) is 9.00. The SMILES string of the molecule is CC[C@@H](C)c1ccc(NC(=O)[C@@H]2CC(=O)N(CCc3ccc(F)cc3)C2)cc1. The van der Waals surface area contributed by atoms with E-state index in [1.807, 2.05) is 24.3 Å². The molecule has 0 unspecified atom stereocenters. The summed E-state index contributed by atoms with van der Waals surface area (Å²) in [6.45, 7) is 5.30. The average molecular weight is 382 g/mol. The fourth-order valence-electron chi connectivity index (χ4n) is 3.45. The Hall–Kier alpha value is -2.69. The lowest BCUT2D eigenvalue weighted by Crippen LogP contribution is -2.30. The van der Waals surface area contributed by atoms with Crippen LogP contribution in [0, 0.1) is 11.7 Å². The van der Waals surface area contributed by atoms with Crippen molar-refractivity contribution in [2.75, 3.05) is 18.4 Å². The fraction of sp³-hybridized carbons (Fsp3) is 0.391. The number of halogens is 1. The molecular formula is C23H27FN2O2. The third-order valence-corrected chi connectivity index (χ3v) is 5.53. The van der Waals surface area contributed by atoms with Gasteiger partial charge in [0, 0.05) is 25.2 Å². The molecule has 28 heavy (non-hydrogen) atoms. The molecule has 4 nitrogen and oxygen atoms in total. The number of anilines is 1. The second-order valence-corrected chi connectivity index (χ2v) is 7.54. The smallest absolute Gasteiger partial charge is 0.229 e. The minimum absolute atomic E-state index is 0.00520. The summed E-state index contributed by atoms with van der Waals surface area (Å²) in [6.07, 6.45) is 1.96. The van der Waals surface area contributed by atoms with Crippen LogP contribution in [0.15, 0.2) is 48.5 Å². The first-order valence-electron chi connectivity index (χ1n) is 9.89. The Labute approximate surface area is 165 Å². The van der Waals surface area contributed by atoms with Gasteiger partial charge in [-0.05, 0) is 54.2 Å². The van der Waals surface area contributed by atoms with Gasteiger partial charge in [-0.3, -0.25) is 9.59 Å². The Balaban J connectivity index is 1.52. The van der Waals surface area contributed by atoms with E-state index >= 15 is 0 Å². The molecule has 0 bridgehead atoms. The quantitative estimate of drug-likeness (QED) is 0.773. The molecule has 1 aliphatic rings. The maximum atomic E-state index is 13.0. The lowest BCUT2D eigenvalue weighted by molar-refractivity contribution is -0.128. The fourth-order valence-corrected chi connectivity index (χ4v) is 3.45. The number of benzene rings is 2. The molecule has 2 amide bonds. The van der Waals surface area contributed by atoms with Gasteiger partial charge in [-0.1, -0.05) is 38.1 Å². The summed E-state index contributed by atoms with van der Waals surface area (Å²) in [6, 6.07) is 14.2. The van der Waals surface area contributed by atoms with Crippen LogP contribution in [-0.2, 0) is 16.0 Å². The monoisotopic (exact) mass is 382 g/mol. The number of hydrogen-bond donors (Lipinski definition) is 1. The highest BCUT2D eigenvalue weighted by Crippen LogP contribution is 2.23. The van der Waals surface area contributed by atoms with Gasteiger partial charge in [0.25, 0.3) is 0 Å². The van der Waals surface area contributed by atoms with Crippen molar-refractivity contribution in [1.82, 2.24) is 4.90 Å². The summed E-state index contributed by atoms with van der Waals surface area (Å²) in [5, 5.41) is 2.93. The van der Waals surface area contributed by atoms with Gasteiger partial charge >= 0.3 is 0 Å². The predicted molar refractivity (Wildman–Crippen MR) is 109 cm³/mol. The Bertz CT molecular complexity index is 818. The van der Waals surface area contributed by atoms with Gasteiger partial charge in [0.2, 0.25) is 11.8 Å². The van der Waals surface area contributed by atoms with E-state index in [-0.39, 0.29) is 30.0 Å². The Morgan fingerprint density at radius 3 is 2.50 bits per heavy atom. The minimum Gasteiger partial charge on any atom is -0.342 e. The van der Waals surface area contributed by atoms with Crippen molar-refractivity contribution in [3.05, 3.63) is 65.5 Å². The number of carbonyl (C=O) groups excluding carboxylic acids is 2. The summed E-state index contributed by atoms with van der Waals surface area (Å²) in [7, 11) is 0. The molecule has 1 heterocycles. The zero-order chi connectivity index (χ0) is 20.1. The van der Waals surface area contributed by atoms with Gasteiger partial charge in [-0.15, -0.1) is 0 Å². The number of rotatable bonds is 7. The van der Waals surface area contributed by atoms with Crippen LogP contribution in [-0.4, -0.2) is 29.8 Å². The molecule has 1 aliphatic heterocycles. The van der Waals surface area contributed by atoms with Crippen LogP contribution in [0.3, 0.4) is 0 Å². The molecule has 2 aromatic rings. The number of amides is 2. The molecule has 3 rings (SSSR count). The average Bonchev–Trinajstić information content (AvgIpc) is 3.08. The van der Waals surface area contributed by atoms with Crippen molar-refractivity contribution in [2.45, 2.75) is 39.0 Å². The summed E-state index contributed by atoms with van der Waals surface area (Å²) < 4.78 is 13.0. The van der Waals surface area contributed by atoms with Crippen molar-refractivity contribution in [1.29, 1.82) is 0 Å². The number of nitrogens with one attached hydrogen (secondary N) is 1. The van der Waals surface area contributed by atoms with Crippen LogP contribution < -0.4 is 5.32 Å². The molecule has 2 aromatic carbocycles. The maximum Gasteiger partial charge on any atom is 0.229 e. The number of likely N-dealkylation sites (tertiary alicyclic amines) is 1. The third-order valence-electron chi connectivity index (χ3n) is 5.53. The molecule has 1 fully saturated rings. The zero-order valence-corrected chi connectivity index (χ0v) is 16.5. The number of nitrogens with zero attached hydrogens (tertiary/aromatic N) is 1. The number of hydrogen-bond acceptors (Lipinski definition) is 2. The van der Waals surface area contributed by atoms with Crippen LogP contribution in [0.25, 0.3) is 0 Å². The molecule has 0 saturated carbocycles. The van der Waals surface area contributed by atoms with Crippen molar-refractivity contribution >= 4 is 17.5 Å². The summed E-state index contributed by atoms with van der Waals surface area (Å²) >= 11 is 0. The van der Waals surface area contributed by atoms with Crippen LogP contribution in [0.1, 0.15) is 43.7 Å². The van der Waals surface area contributed by atoms with Gasteiger partial charge in [0.15, 0.2) is 0 Å². The molecule has 0 spiro atoms. The predicted octanol–water partition coefficient (Wildman–Crippen LogP) is 4.37. The van der Waals surface area contributed by atoms with E-state index < -0.39 is 0 Å². The Morgan fingerprint density at radius 2 is 1.86 bits per heavy atom. The highest BCUT2D eigenvalue weighted by Gasteiger charge is 2.34. The van der Waals surface area contributed by atoms with E-state index in [0.717, 1.165) is 17.7 Å². The van der Waals surface area contributed by atoms with Gasteiger partial charge in [0.1, 0.15) is 5.82 Å². The van der Waals surface area contributed by atoms with Crippen LogP contribution in [0.2, 0.25) is 0 Å². The molecule has 2 atom stereocenters. The summed E-state index contributed by atoms with van der Waals surface area (Å²) in [5.41, 5.74) is 2.99. The topological polar surface area (TPSA) is 49.4 Å². The molecular weight excluding hydrogens is 355 g/mol. The van der Waals surface area contributed by atoms with E-state index in [4.69, 9.17) is 0 Å². The highest BCUT2D eigenvalue weighted by molar-refractivity contribution is 5.97. The first kappa shape index (κ1) is 20.1. The van der Waals surface area contributed by atoms with Crippen molar-refractivity contribution in [3.8, 4) is 0 Å². The largest absolute Gasteiger partial charge is 0.342 e.